The summed E-state index contributed by atoms with van der Waals surface area (Å²) in [4.78, 5) is 1.75. The van der Waals surface area contributed by atoms with Gasteiger partial charge in [-0.05, 0) is 13.5 Å². The molecule has 1 nitrogen and oxygen atoms in total. The fraction of sp³-hybridized carbons (Fsp3) is 1.00. The van der Waals surface area contributed by atoms with E-state index in [-0.39, 0.29) is 6.54 Å². The first-order valence-corrected chi connectivity index (χ1v) is 3.20. The molecule has 1 saturated heterocycles. The van der Waals surface area contributed by atoms with Crippen LogP contribution in [0.2, 0.25) is 0 Å². The fourth-order valence-electron chi connectivity index (χ4n) is 1.08. The average molecular weight is 135 g/mol. The molecule has 1 atom stereocenters. The summed E-state index contributed by atoms with van der Waals surface area (Å²) in [5, 5.41) is 0. The van der Waals surface area contributed by atoms with Crippen LogP contribution in [0.4, 0.5) is 8.78 Å². The third-order valence-electron chi connectivity index (χ3n) is 1.98. The van der Waals surface area contributed by atoms with Gasteiger partial charge < -0.3 is 0 Å². The van der Waals surface area contributed by atoms with Crippen molar-refractivity contribution in [3.05, 3.63) is 0 Å². The Kier molecular flexibility index (Phi) is 1.47. The maximum atomic E-state index is 12.3. The summed E-state index contributed by atoms with van der Waals surface area (Å²) in [5.74, 6) is -2.42. The van der Waals surface area contributed by atoms with Crippen molar-refractivity contribution in [1.82, 2.24) is 4.90 Å². The van der Waals surface area contributed by atoms with Crippen molar-refractivity contribution in [3.63, 3.8) is 0 Å². The summed E-state index contributed by atoms with van der Waals surface area (Å²) in [7, 11) is 0. The molecular formula is C6H11F2N. The third-order valence-corrected chi connectivity index (χ3v) is 1.98. The van der Waals surface area contributed by atoms with Crippen molar-refractivity contribution in [2.45, 2.75) is 25.8 Å². The highest BCUT2D eigenvalue weighted by Crippen LogP contribution is 2.33. The molecule has 1 fully saturated rings. The highest BCUT2D eigenvalue weighted by Gasteiger charge is 2.50. The molecule has 9 heavy (non-hydrogen) atoms. The summed E-state index contributed by atoms with van der Waals surface area (Å²) in [5.41, 5.74) is 0. The van der Waals surface area contributed by atoms with Gasteiger partial charge in [-0.2, -0.15) is 0 Å². The van der Waals surface area contributed by atoms with Gasteiger partial charge >= 0.3 is 0 Å². The lowest BCUT2D eigenvalue weighted by atomic mass is 10.0. The average Bonchev–Trinajstić information content (AvgIpc) is 1.82. The van der Waals surface area contributed by atoms with Gasteiger partial charge in [-0.3, -0.25) is 4.90 Å². The summed E-state index contributed by atoms with van der Waals surface area (Å²) in [6, 6.07) is -0.539. The van der Waals surface area contributed by atoms with E-state index < -0.39 is 12.0 Å². The van der Waals surface area contributed by atoms with E-state index in [1.54, 1.807) is 11.8 Å². The predicted octanol–water partition coefficient (Wildman–Crippen LogP) is 1.35. The summed E-state index contributed by atoms with van der Waals surface area (Å²) in [6.07, 6.45) is 0. The molecule has 0 spiro atoms. The maximum absolute atomic E-state index is 12.3. The molecule has 1 rings (SSSR count). The van der Waals surface area contributed by atoms with Crippen LogP contribution in [0, 0.1) is 0 Å². The molecular weight excluding hydrogens is 124 g/mol. The molecule has 0 aromatic heterocycles. The normalized spacial score (nSPS) is 34.0. The Balaban J connectivity index is 2.41. The van der Waals surface area contributed by atoms with Crippen LogP contribution in [0.15, 0.2) is 0 Å². The zero-order valence-corrected chi connectivity index (χ0v) is 5.69. The fourth-order valence-corrected chi connectivity index (χ4v) is 1.08. The van der Waals surface area contributed by atoms with Crippen LogP contribution < -0.4 is 0 Å². The van der Waals surface area contributed by atoms with Crippen LogP contribution in [0.25, 0.3) is 0 Å². The largest absolute Gasteiger partial charge is 0.289 e. The highest BCUT2D eigenvalue weighted by atomic mass is 19.3. The van der Waals surface area contributed by atoms with Gasteiger partial charge in [0.15, 0.2) is 0 Å². The van der Waals surface area contributed by atoms with E-state index >= 15 is 0 Å². The minimum Gasteiger partial charge on any atom is -0.289 e. The van der Waals surface area contributed by atoms with Crippen molar-refractivity contribution in [3.8, 4) is 0 Å². The highest BCUT2D eigenvalue weighted by molar-refractivity contribution is 4.94. The molecule has 3 heteroatoms. The van der Waals surface area contributed by atoms with E-state index in [1.165, 1.54) is 0 Å². The van der Waals surface area contributed by atoms with E-state index in [4.69, 9.17) is 0 Å². The number of hydrogen-bond acceptors (Lipinski definition) is 1. The number of rotatable bonds is 1. The van der Waals surface area contributed by atoms with E-state index in [9.17, 15) is 8.78 Å². The molecule has 54 valence electrons. The topological polar surface area (TPSA) is 3.24 Å². The number of alkyl halides is 2. The zero-order valence-electron chi connectivity index (χ0n) is 5.69. The first-order valence-electron chi connectivity index (χ1n) is 3.20. The summed E-state index contributed by atoms with van der Waals surface area (Å²) >= 11 is 0. The Morgan fingerprint density at radius 3 is 2.33 bits per heavy atom. The standard InChI is InChI=1S/C6H11F2N/c1-3-9-4-6(7,8)5(9)2/h5H,3-4H2,1-2H3/t5-/m0/s1. The minimum atomic E-state index is -2.42. The Labute approximate surface area is 53.6 Å². The van der Waals surface area contributed by atoms with Crippen LogP contribution in [0.3, 0.4) is 0 Å². The van der Waals surface area contributed by atoms with Gasteiger partial charge in [0.2, 0.25) is 0 Å². The number of hydrogen-bond donors (Lipinski definition) is 0. The van der Waals surface area contributed by atoms with E-state index in [1.807, 2.05) is 6.92 Å². The van der Waals surface area contributed by atoms with Crippen molar-refractivity contribution < 1.29 is 8.78 Å². The lowest BCUT2D eigenvalue weighted by molar-refractivity contribution is -0.174. The van der Waals surface area contributed by atoms with Crippen LogP contribution in [-0.2, 0) is 0 Å². The lowest BCUT2D eigenvalue weighted by Gasteiger charge is -2.45. The molecule has 0 N–H and O–H groups in total. The third kappa shape index (κ3) is 0.936. The van der Waals surface area contributed by atoms with Crippen LogP contribution in [0.1, 0.15) is 13.8 Å². The summed E-state index contributed by atoms with van der Waals surface area (Å²) in [6.45, 7) is 4.14. The molecule has 1 aliphatic rings. The van der Waals surface area contributed by atoms with Crippen molar-refractivity contribution in [1.29, 1.82) is 0 Å². The molecule has 0 aromatic carbocycles. The Morgan fingerprint density at radius 2 is 2.22 bits per heavy atom. The Morgan fingerprint density at radius 1 is 1.67 bits per heavy atom. The van der Waals surface area contributed by atoms with Gasteiger partial charge in [0.1, 0.15) is 0 Å². The van der Waals surface area contributed by atoms with Crippen molar-refractivity contribution in [2.75, 3.05) is 13.1 Å². The minimum absolute atomic E-state index is 0.0509. The Hall–Kier alpha value is -0.180. The van der Waals surface area contributed by atoms with E-state index in [0.29, 0.717) is 0 Å². The first kappa shape index (κ1) is 6.93. The van der Waals surface area contributed by atoms with Gasteiger partial charge in [0, 0.05) is 0 Å². The number of likely N-dealkylation sites (tertiary alicyclic amines) is 1. The SMILES string of the molecule is CCN1CC(F)(F)[C@@H]1C. The molecule has 0 amide bonds. The van der Waals surface area contributed by atoms with Gasteiger partial charge in [-0.25, -0.2) is 8.78 Å². The van der Waals surface area contributed by atoms with Gasteiger partial charge in [-0.1, -0.05) is 6.92 Å². The number of nitrogens with zero attached hydrogens (tertiary/aromatic N) is 1. The van der Waals surface area contributed by atoms with Gasteiger partial charge in [0.05, 0.1) is 12.6 Å². The van der Waals surface area contributed by atoms with Crippen LogP contribution in [0.5, 0.6) is 0 Å². The second kappa shape index (κ2) is 1.90. The van der Waals surface area contributed by atoms with Gasteiger partial charge in [-0.15, -0.1) is 0 Å². The number of halogens is 2. The molecule has 1 aliphatic heterocycles. The summed E-state index contributed by atoms with van der Waals surface area (Å²) < 4.78 is 24.7. The van der Waals surface area contributed by atoms with Gasteiger partial charge in [0.25, 0.3) is 5.92 Å². The second-order valence-corrected chi connectivity index (χ2v) is 2.50. The zero-order chi connectivity index (χ0) is 7.07. The molecule has 0 saturated carbocycles. The molecule has 0 aromatic rings. The quantitative estimate of drug-likeness (QED) is 0.524. The maximum Gasteiger partial charge on any atom is 0.275 e. The second-order valence-electron chi connectivity index (χ2n) is 2.50. The van der Waals surface area contributed by atoms with Crippen LogP contribution >= 0.6 is 0 Å². The first-order chi connectivity index (χ1) is 4.08. The molecule has 0 aliphatic carbocycles. The monoisotopic (exact) mass is 135 g/mol. The Bertz CT molecular complexity index is 114. The van der Waals surface area contributed by atoms with E-state index in [0.717, 1.165) is 6.54 Å². The molecule has 0 bridgehead atoms. The molecule has 1 heterocycles. The van der Waals surface area contributed by atoms with Crippen molar-refractivity contribution in [2.24, 2.45) is 0 Å². The van der Waals surface area contributed by atoms with Crippen LogP contribution in [-0.4, -0.2) is 30.0 Å². The van der Waals surface area contributed by atoms with Crippen molar-refractivity contribution >= 4 is 0 Å². The lowest BCUT2D eigenvalue weighted by Crippen LogP contribution is -2.63. The predicted molar refractivity (Wildman–Crippen MR) is 31.7 cm³/mol. The van der Waals surface area contributed by atoms with E-state index in [2.05, 4.69) is 0 Å². The smallest absolute Gasteiger partial charge is 0.275 e. The molecule has 0 unspecified atom stereocenters. The molecule has 0 radical (unpaired) electrons.